The molecule has 0 aliphatic carbocycles. The molecule has 1 fully saturated rings. The van der Waals surface area contributed by atoms with Gasteiger partial charge in [0.2, 0.25) is 6.79 Å². The molecule has 1 aromatic heterocycles. The lowest BCUT2D eigenvalue weighted by molar-refractivity contribution is 0.174. The fourth-order valence-electron chi connectivity index (χ4n) is 3.30. The van der Waals surface area contributed by atoms with Crippen LogP contribution in [-0.4, -0.2) is 24.3 Å². The number of nitrogens with one attached hydrogen (secondary N) is 1. The Balaban J connectivity index is 1.52. The summed E-state index contributed by atoms with van der Waals surface area (Å²) in [5, 5.41) is 5.09. The fourth-order valence-corrected chi connectivity index (χ4v) is 4.17. The number of hydrogen-bond acceptors (Lipinski definition) is 4. The summed E-state index contributed by atoms with van der Waals surface area (Å²) in [5.74, 6) is 1.40. The van der Waals surface area contributed by atoms with Gasteiger partial charge in [-0.25, -0.2) is 4.79 Å². The molecular weight excluding hydrogens is 324 g/mol. The predicted molar refractivity (Wildman–Crippen MR) is 93.8 cm³/mol. The molecule has 1 atom stereocenters. The van der Waals surface area contributed by atoms with E-state index in [2.05, 4.69) is 22.8 Å². The van der Waals surface area contributed by atoms with Crippen LogP contribution in [0.3, 0.4) is 0 Å². The zero-order valence-corrected chi connectivity index (χ0v) is 14.2. The third-order valence-electron chi connectivity index (χ3n) is 4.51. The number of fused-ring (bicyclic) bond motifs is 1. The highest BCUT2D eigenvalue weighted by atomic mass is 32.1. The van der Waals surface area contributed by atoms with Crippen LogP contribution in [0.1, 0.15) is 36.6 Å². The Hall–Kier alpha value is -2.21. The van der Waals surface area contributed by atoms with Crippen LogP contribution >= 0.6 is 11.3 Å². The van der Waals surface area contributed by atoms with Crippen LogP contribution in [0.5, 0.6) is 11.5 Å². The summed E-state index contributed by atoms with van der Waals surface area (Å²) in [6, 6.07) is 9.80. The molecule has 24 heavy (non-hydrogen) atoms. The smallest absolute Gasteiger partial charge is 0.322 e. The number of hydrogen-bond donors (Lipinski definition) is 1. The van der Waals surface area contributed by atoms with Crippen molar-refractivity contribution in [3.63, 3.8) is 0 Å². The average Bonchev–Trinajstić information content (AvgIpc) is 3.21. The molecule has 1 aromatic carbocycles. The molecule has 4 rings (SSSR count). The van der Waals surface area contributed by atoms with E-state index in [1.165, 1.54) is 11.3 Å². The number of nitrogens with zero attached hydrogens (tertiary/aromatic N) is 1. The van der Waals surface area contributed by atoms with E-state index in [9.17, 15) is 4.79 Å². The Morgan fingerprint density at radius 1 is 1.17 bits per heavy atom. The van der Waals surface area contributed by atoms with Crippen molar-refractivity contribution in [1.29, 1.82) is 0 Å². The number of anilines is 1. The van der Waals surface area contributed by atoms with Crippen LogP contribution in [0.4, 0.5) is 10.5 Å². The second-order valence-electron chi connectivity index (χ2n) is 6.07. The number of amides is 2. The maximum absolute atomic E-state index is 12.9. The Morgan fingerprint density at radius 2 is 2.08 bits per heavy atom. The molecule has 5 nitrogen and oxygen atoms in total. The molecule has 1 saturated heterocycles. The van der Waals surface area contributed by atoms with E-state index < -0.39 is 0 Å². The summed E-state index contributed by atoms with van der Waals surface area (Å²) in [6.45, 7) is 1.03. The van der Waals surface area contributed by atoms with E-state index in [0.717, 1.165) is 37.2 Å². The van der Waals surface area contributed by atoms with Crippen molar-refractivity contribution in [3.8, 4) is 11.5 Å². The summed E-state index contributed by atoms with van der Waals surface area (Å²) in [7, 11) is 0. The maximum Gasteiger partial charge on any atom is 0.322 e. The normalized spacial score (nSPS) is 19.8. The van der Waals surface area contributed by atoms with Crippen LogP contribution in [0.2, 0.25) is 0 Å². The van der Waals surface area contributed by atoms with Gasteiger partial charge in [0.05, 0.1) is 6.04 Å². The molecule has 0 radical (unpaired) electrons. The second-order valence-corrected chi connectivity index (χ2v) is 7.05. The summed E-state index contributed by atoms with van der Waals surface area (Å²) < 4.78 is 10.7. The monoisotopic (exact) mass is 344 g/mol. The second kappa shape index (κ2) is 6.73. The van der Waals surface area contributed by atoms with E-state index in [-0.39, 0.29) is 18.9 Å². The molecule has 2 aliphatic rings. The number of likely N-dealkylation sites (tertiary alicyclic amines) is 1. The van der Waals surface area contributed by atoms with Gasteiger partial charge >= 0.3 is 6.03 Å². The highest BCUT2D eigenvalue weighted by molar-refractivity contribution is 7.10. The van der Waals surface area contributed by atoms with Gasteiger partial charge in [-0.15, -0.1) is 11.3 Å². The molecule has 2 amide bonds. The van der Waals surface area contributed by atoms with Crippen LogP contribution in [0.25, 0.3) is 0 Å². The largest absolute Gasteiger partial charge is 0.454 e. The first kappa shape index (κ1) is 15.3. The topological polar surface area (TPSA) is 50.8 Å². The number of rotatable bonds is 2. The lowest BCUT2D eigenvalue weighted by Gasteiger charge is -2.29. The third kappa shape index (κ3) is 3.06. The summed E-state index contributed by atoms with van der Waals surface area (Å²) in [6.07, 6.45) is 4.41. The van der Waals surface area contributed by atoms with Gasteiger partial charge in [0.15, 0.2) is 11.5 Å². The number of urea groups is 1. The van der Waals surface area contributed by atoms with Crippen molar-refractivity contribution in [2.45, 2.75) is 31.7 Å². The van der Waals surface area contributed by atoms with Gasteiger partial charge < -0.3 is 19.7 Å². The maximum atomic E-state index is 12.9. The highest BCUT2D eigenvalue weighted by Gasteiger charge is 2.27. The van der Waals surface area contributed by atoms with Gasteiger partial charge in [0.25, 0.3) is 0 Å². The average molecular weight is 344 g/mol. The standard InChI is InChI=1S/C18H20N2O3S/c21-18(19-13-7-8-15-16(11-13)23-12-22-15)20-9-3-1-2-5-14(20)17-6-4-10-24-17/h4,6-8,10-11,14H,1-3,5,9,12H2,(H,19,21)/t14-/m0/s1. The first-order chi connectivity index (χ1) is 11.8. The van der Waals surface area contributed by atoms with Crippen LogP contribution in [0.15, 0.2) is 35.7 Å². The zero-order chi connectivity index (χ0) is 16.4. The van der Waals surface area contributed by atoms with E-state index in [1.807, 2.05) is 23.1 Å². The number of thiophene rings is 1. The summed E-state index contributed by atoms with van der Waals surface area (Å²) in [4.78, 5) is 16.1. The predicted octanol–water partition coefficient (Wildman–Crippen LogP) is 4.63. The zero-order valence-electron chi connectivity index (χ0n) is 13.4. The third-order valence-corrected chi connectivity index (χ3v) is 5.48. The Morgan fingerprint density at radius 3 is 2.96 bits per heavy atom. The molecule has 2 aromatic rings. The summed E-state index contributed by atoms with van der Waals surface area (Å²) in [5.41, 5.74) is 0.735. The van der Waals surface area contributed by atoms with Crippen molar-refractivity contribution in [3.05, 3.63) is 40.6 Å². The molecule has 1 N–H and O–H groups in total. The van der Waals surface area contributed by atoms with E-state index in [0.29, 0.717) is 5.75 Å². The minimum Gasteiger partial charge on any atom is -0.454 e. The van der Waals surface area contributed by atoms with Gasteiger partial charge in [-0.05, 0) is 36.4 Å². The summed E-state index contributed by atoms with van der Waals surface area (Å²) >= 11 is 1.72. The van der Waals surface area contributed by atoms with Crippen molar-refractivity contribution in [2.24, 2.45) is 0 Å². The number of carbonyl (C=O) groups is 1. The minimum atomic E-state index is -0.0471. The Bertz CT molecular complexity index is 717. The van der Waals surface area contributed by atoms with Gasteiger partial charge in [0, 0.05) is 23.2 Å². The first-order valence-corrected chi connectivity index (χ1v) is 9.20. The molecule has 2 aliphatic heterocycles. The van der Waals surface area contributed by atoms with Crippen molar-refractivity contribution in [2.75, 3.05) is 18.7 Å². The van der Waals surface area contributed by atoms with Crippen LogP contribution in [0, 0.1) is 0 Å². The fraction of sp³-hybridized carbons (Fsp3) is 0.389. The van der Waals surface area contributed by atoms with Crippen molar-refractivity contribution < 1.29 is 14.3 Å². The van der Waals surface area contributed by atoms with E-state index in [1.54, 1.807) is 11.3 Å². The van der Waals surface area contributed by atoms with Gasteiger partial charge in [-0.2, -0.15) is 0 Å². The lowest BCUT2D eigenvalue weighted by atomic mass is 10.1. The van der Waals surface area contributed by atoms with E-state index >= 15 is 0 Å². The van der Waals surface area contributed by atoms with E-state index in [4.69, 9.17) is 9.47 Å². The van der Waals surface area contributed by atoms with Crippen LogP contribution < -0.4 is 14.8 Å². The number of benzene rings is 1. The molecule has 0 saturated carbocycles. The molecule has 3 heterocycles. The highest BCUT2D eigenvalue weighted by Crippen LogP contribution is 2.36. The number of ether oxygens (including phenoxy) is 2. The van der Waals surface area contributed by atoms with Crippen LogP contribution in [-0.2, 0) is 0 Å². The Kier molecular flexibility index (Phi) is 4.30. The number of carbonyl (C=O) groups excluding carboxylic acids is 1. The van der Waals surface area contributed by atoms with Crippen molar-refractivity contribution >= 4 is 23.1 Å². The quantitative estimate of drug-likeness (QED) is 0.864. The molecule has 0 unspecified atom stereocenters. The van der Waals surface area contributed by atoms with Crippen molar-refractivity contribution in [1.82, 2.24) is 4.90 Å². The lowest BCUT2D eigenvalue weighted by Crippen LogP contribution is -2.37. The molecule has 0 bridgehead atoms. The van der Waals surface area contributed by atoms with Gasteiger partial charge in [-0.1, -0.05) is 18.9 Å². The van der Waals surface area contributed by atoms with Gasteiger partial charge in [0.1, 0.15) is 0 Å². The minimum absolute atomic E-state index is 0.0471. The van der Waals surface area contributed by atoms with Gasteiger partial charge in [-0.3, -0.25) is 0 Å². The molecule has 6 heteroatoms. The SMILES string of the molecule is O=C(Nc1ccc2c(c1)OCO2)N1CCCCC[C@H]1c1cccs1. The first-order valence-electron chi connectivity index (χ1n) is 8.32. The molecule has 0 spiro atoms. The Labute approximate surface area is 145 Å². The molecule has 126 valence electrons. The molecular formula is C18H20N2O3S.